The minimum Gasteiger partial charge on any atom is -0.490 e. The van der Waals surface area contributed by atoms with Crippen molar-refractivity contribution in [2.45, 2.75) is 19.4 Å². The van der Waals surface area contributed by atoms with Crippen molar-refractivity contribution in [1.29, 1.82) is 0 Å². The molecule has 1 aliphatic heterocycles. The van der Waals surface area contributed by atoms with E-state index in [2.05, 4.69) is 22.2 Å². The molecule has 2 rings (SSSR count). The van der Waals surface area contributed by atoms with Crippen LogP contribution in [-0.2, 0) is 4.74 Å². The Kier molecular flexibility index (Phi) is 4.02. The molecule has 17 heavy (non-hydrogen) atoms. The van der Waals surface area contributed by atoms with Crippen LogP contribution in [0, 0.1) is 5.92 Å². The van der Waals surface area contributed by atoms with E-state index in [1.165, 1.54) is 6.33 Å². The van der Waals surface area contributed by atoms with Crippen LogP contribution in [0.4, 0.5) is 5.82 Å². The third-order valence-electron chi connectivity index (χ3n) is 3.03. The van der Waals surface area contributed by atoms with Gasteiger partial charge in [0.2, 0.25) is 0 Å². The molecule has 2 atom stereocenters. The molecule has 0 amide bonds. The Bertz CT molecular complexity index is 389. The molecular weight excluding hydrogens is 242 g/mol. The zero-order valence-corrected chi connectivity index (χ0v) is 10.7. The predicted octanol–water partition coefficient (Wildman–Crippen LogP) is 1.98. The predicted molar refractivity (Wildman–Crippen MR) is 65.6 cm³/mol. The normalized spacial score (nSPS) is 23.7. The molecule has 1 aromatic rings. The molecule has 1 N–H and O–H groups in total. The Morgan fingerprint density at radius 1 is 1.59 bits per heavy atom. The summed E-state index contributed by atoms with van der Waals surface area (Å²) in [6.07, 6.45) is 2.77. The van der Waals surface area contributed by atoms with Crippen molar-refractivity contribution >= 4 is 17.4 Å². The van der Waals surface area contributed by atoms with Gasteiger partial charge in [0, 0.05) is 19.1 Å². The lowest BCUT2D eigenvalue weighted by Crippen LogP contribution is -2.21. The maximum atomic E-state index is 5.91. The van der Waals surface area contributed by atoms with Crippen LogP contribution in [0.1, 0.15) is 13.3 Å². The number of aromatic nitrogens is 2. The molecule has 0 saturated carbocycles. The first-order valence-electron chi connectivity index (χ1n) is 5.62. The summed E-state index contributed by atoms with van der Waals surface area (Å²) in [6, 6.07) is 0. The van der Waals surface area contributed by atoms with Gasteiger partial charge in [-0.25, -0.2) is 9.97 Å². The number of methoxy groups -OCH3 is 1. The van der Waals surface area contributed by atoms with Gasteiger partial charge in [-0.1, -0.05) is 11.6 Å². The minimum absolute atomic E-state index is 0.283. The molecule has 94 valence electrons. The lowest BCUT2D eigenvalue weighted by atomic mass is 10.0. The van der Waals surface area contributed by atoms with Crippen molar-refractivity contribution in [3.63, 3.8) is 0 Å². The van der Waals surface area contributed by atoms with Gasteiger partial charge in [-0.05, 0) is 13.3 Å². The highest BCUT2D eigenvalue weighted by molar-refractivity contribution is 6.31. The highest BCUT2D eigenvalue weighted by Gasteiger charge is 2.24. The number of ether oxygens (including phenoxy) is 2. The van der Waals surface area contributed by atoms with Crippen molar-refractivity contribution in [3.8, 4) is 5.75 Å². The number of hydrogen-bond acceptors (Lipinski definition) is 5. The van der Waals surface area contributed by atoms with Crippen LogP contribution in [0.15, 0.2) is 6.33 Å². The minimum atomic E-state index is 0.283. The second-order valence-corrected chi connectivity index (χ2v) is 4.41. The highest BCUT2D eigenvalue weighted by Crippen LogP contribution is 2.29. The lowest BCUT2D eigenvalue weighted by Gasteiger charge is -2.16. The molecule has 1 aromatic heterocycles. The number of halogens is 1. The molecule has 0 aromatic carbocycles. The molecule has 1 aliphatic rings. The Labute approximate surface area is 105 Å². The molecular formula is C11H16ClN3O2. The standard InChI is InChI=1S/C11H16ClN3O2/c1-7-8(3-4-17-7)5-13-11-9(16-2)10(12)14-6-15-11/h6-8H,3-5H2,1-2H3,(H,13,14,15). The Morgan fingerprint density at radius 2 is 2.41 bits per heavy atom. The zero-order chi connectivity index (χ0) is 12.3. The van der Waals surface area contributed by atoms with Crippen molar-refractivity contribution in [1.82, 2.24) is 9.97 Å². The average molecular weight is 258 g/mol. The zero-order valence-electron chi connectivity index (χ0n) is 9.94. The van der Waals surface area contributed by atoms with E-state index in [-0.39, 0.29) is 6.10 Å². The van der Waals surface area contributed by atoms with Gasteiger partial charge in [0.25, 0.3) is 0 Å². The Morgan fingerprint density at radius 3 is 3.06 bits per heavy atom. The maximum absolute atomic E-state index is 5.91. The maximum Gasteiger partial charge on any atom is 0.198 e. The summed E-state index contributed by atoms with van der Waals surface area (Å²) in [6.45, 7) is 3.71. The SMILES string of the molecule is COc1c(Cl)ncnc1NCC1CCOC1C. The highest BCUT2D eigenvalue weighted by atomic mass is 35.5. The van der Waals surface area contributed by atoms with Crippen LogP contribution in [-0.4, -0.2) is 36.3 Å². The van der Waals surface area contributed by atoms with Gasteiger partial charge >= 0.3 is 0 Å². The average Bonchev–Trinajstić information content (AvgIpc) is 2.72. The molecule has 5 nitrogen and oxygen atoms in total. The van der Waals surface area contributed by atoms with E-state index in [0.717, 1.165) is 19.6 Å². The number of rotatable bonds is 4. The van der Waals surface area contributed by atoms with Gasteiger partial charge < -0.3 is 14.8 Å². The Balaban J connectivity index is 2.01. The molecule has 0 bridgehead atoms. The van der Waals surface area contributed by atoms with Crippen LogP contribution in [0.25, 0.3) is 0 Å². The first-order chi connectivity index (χ1) is 8.22. The monoisotopic (exact) mass is 257 g/mol. The largest absolute Gasteiger partial charge is 0.490 e. The molecule has 6 heteroatoms. The van der Waals surface area contributed by atoms with Gasteiger partial charge in [-0.2, -0.15) is 0 Å². The van der Waals surface area contributed by atoms with Crippen LogP contribution in [0.3, 0.4) is 0 Å². The van der Waals surface area contributed by atoms with E-state index in [0.29, 0.717) is 22.6 Å². The van der Waals surface area contributed by atoms with Gasteiger partial charge in [-0.3, -0.25) is 0 Å². The number of hydrogen-bond donors (Lipinski definition) is 1. The number of nitrogens with zero attached hydrogens (tertiary/aromatic N) is 2. The van der Waals surface area contributed by atoms with Crippen LogP contribution in [0.5, 0.6) is 5.75 Å². The molecule has 1 fully saturated rings. The van der Waals surface area contributed by atoms with Gasteiger partial charge in [0.05, 0.1) is 13.2 Å². The quantitative estimate of drug-likeness (QED) is 0.836. The van der Waals surface area contributed by atoms with Crippen LogP contribution in [0.2, 0.25) is 5.15 Å². The molecule has 1 saturated heterocycles. The van der Waals surface area contributed by atoms with E-state index in [1.807, 2.05) is 0 Å². The van der Waals surface area contributed by atoms with E-state index < -0.39 is 0 Å². The van der Waals surface area contributed by atoms with E-state index in [1.54, 1.807) is 7.11 Å². The Hall–Kier alpha value is -1.07. The second-order valence-electron chi connectivity index (χ2n) is 4.05. The first kappa shape index (κ1) is 12.4. The third kappa shape index (κ3) is 2.79. The lowest BCUT2D eigenvalue weighted by molar-refractivity contribution is 0.108. The first-order valence-corrected chi connectivity index (χ1v) is 6.00. The van der Waals surface area contributed by atoms with Gasteiger partial charge in [0.15, 0.2) is 16.7 Å². The van der Waals surface area contributed by atoms with E-state index in [9.17, 15) is 0 Å². The summed E-state index contributed by atoms with van der Waals surface area (Å²) >= 11 is 5.91. The van der Waals surface area contributed by atoms with Gasteiger partial charge in [0.1, 0.15) is 6.33 Å². The fraction of sp³-hybridized carbons (Fsp3) is 0.636. The van der Waals surface area contributed by atoms with Crippen LogP contribution >= 0.6 is 11.6 Å². The molecule has 2 unspecified atom stereocenters. The topological polar surface area (TPSA) is 56.3 Å². The summed E-state index contributed by atoms with van der Waals surface area (Å²) in [7, 11) is 1.55. The van der Waals surface area contributed by atoms with Crippen molar-refractivity contribution in [2.24, 2.45) is 5.92 Å². The summed E-state index contributed by atoms with van der Waals surface area (Å²) in [5, 5.41) is 3.56. The van der Waals surface area contributed by atoms with Crippen LogP contribution < -0.4 is 10.1 Å². The molecule has 2 heterocycles. The fourth-order valence-corrected chi connectivity index (χ4v) is 2.14. The molecule has 0 spiro atoms. The van der Waals surface area contributed by atoms with Crippen molar-refractivity contribution in [3.05, 3.63) is 11.5 Å². The smallest absolute Gasteiger partial charge is 0.198 e. The van der Waals surface area contributed by atoms with E-state index >= 15 is 0 Å². The third-order valence-corrected chi connectivity index (χ3v) is 3.30. The number of anilines is 1. The van der Waals surface area contributed by atoms with Crippen molar-refractivity contribution < 1.29 is 9.47 Å². The molecule has 0 radical (unpaired) electrons. The fourth-order valence-electron chi connectivity index (χ4n) is 1.93. The van der Waals surface area contributed by atoms with E-state index in [4.69, 9.17) is 21.1 Å². The summed E-state index contributed by atoms with van der Waals surface area (Å²) in [5.41, 5.74) is 0. The van der Waals surface area contributed by atoms with Crippen molar-refractivity contribution in [2.75, 3.05) is 25.6 Å². The molecule has 0 aliphatic carbocycles. The summed E-state index contributed by atoms with van der Waals surface area (Å²) in [4.78, 5) is 7.99. The number of nitrogens with one attached hydrogen (secondary N) is 1. The van der Waals surface area contributed by atoms with Gasteiger partial charge in [-0.15, -0.1) is 0 Å². The summed E-state index contributed by atoms with van der Waals surface area (Å²) < 4.78 is 10.7. The second kappa shape index (κ2) is 5.51. The summed E-state index contributed by atoms with van der Waals surface area (Å²) in [5.74, 6) is 1.61.